The quantitative estimate of drug-likeness (QED) is 0.919. The molecule has 0 aliphatic heterocycles. The first-order valence-corrected chi connectivity index (χ1v) is 6.66. The van der Waals surface area contributed by atoms with Crippen LogP contribution in [0.1, 0.15) is 30.4 Å². The first kappa shape index (κ1) is 15.1. The maximum absolute atomic E-state index is 13.0. The van der Waals surface area contributed by atoms with Crippen molar-refractivity contribution >= 4 is 5.91 Å². The fraction of sp³-hybridized carbons (Fsp3) is 0.250. The number of benzene rings is 1. The largest absolute Gasteiger partial charge is 0.352 e. The van der Waals surface area contributed by atoms with E-state index in [1.165, 1.54) is 12.1 Å². The molecule has 1 aromatic carbocycles. The summed E-state index contributed by atoms with van der Waals surface area (Å²) in [5, 5.41) is 2.66. The predicted octanol–water partition coefficient (Wildman–Crippen LogP) is 3.17. The van der Waals surface area contributed by atoms with Crippen molar-refractivity contribution in [1.29, 1.82) is 0 Å². The lowest BCUT2D eigenvalue weighted by Gasteiger charge is -2.11. The van der Waals surface area contributed by atoms with Crippen molar-refractivity contribution in [2.24, 2.45) is 0 Å². The molecule has 0 bridgehead atoms. The Bertz CT molecular complexity index is 597. The number of rotatable bonds is 5. The summed E-state index contributed by atoms with van der Waals surface area (Å²) in [6.07, 6.45) is 3.69. The summed E-state index contributed by atoms with van der Waals surface area (Å²) in [5.41, 5.74) is 1.37. The van der Waals surface area contributed by atoms with Crippen molar-refractivity contribution in [2.45, 2.75) is 25.8 Å². The van der Waals surface area contributed by atoms with Gasteiger partial charge in [0.25, 0.3) is 0 Å². The zero-order valence-electron chi connectivity index (χ0n) is 11.6. The van der Waals surface area contributed by atoms with Crippen molar-refractivity contribution < 1.29 is 13.6 Å². The van der Waals surface area contributed by atoms with Crippen LogP contribution in [0.4, 0.5) is 8.78 Å². The van der Waals surface area contributed by atoms with Gasteiger partial charge in [0, 0.05) is 31.4 Å². The summed E-state index contributed by atoms with van der Waals surface area (Å²) in [7, 11) is 0. The van der Waals surface area contributed by atoms with Crippen LogP contribution >= 0.6 is 0 Å². The zero-order valence-corrected chi connectivity index (χ0v) is 11.6. The second-order valence-electron chi connectivity index (χ2n) is 4.95. The highest BCUT2D eigenvalue weighted by Gasteiger charge is 2.11. The second-order valence-corrected chi connectivity index (χ2v) is 4.95. The fourth-order valence-electron chi connectivity index (χ4n) is 2.05. The molecule has 0 radical (unpaired) electrons. The van der Waals surface area contributed by atoms with Crippen LogP contribution in [0, 0.1) is 11.6 Å². The zero-order chi connectivity index (χ0) is 15.2. The summed E-state index contributed by atoms with van der Waals surface area (Å²) in [4.78, 5) is 15.9. The minimum atomic E-state index is -0.650. The molecule has 2 rings (SSSR count). The van der Waals surface area contributed by atoms with E-state index in [1.54, 1.807) is 12.4 Å². The van der Waals surface area contributed by atoms with Crippen LogP contribution in [0.3, 0.4) is 0 Å². The minimum absolute atomic E-state index is 0.0305. The summed E-state index contributed by atoms with van der Waals surface area (Å²) in [5.74, 6) is -1.44. The summed E-state index contributed by atoms with van der Waals surface area (Å²) in [6, 6.07) is 6.93. The van der Waals surface area contributed by atoms with E-state index in [1.807, 2.05) is 19.1 Å². The number of nitrogens with one attached hydrogen (secondary N) is 1. The molecule has 1 amide bonds. The number of nitrogens with zero attached hydrogens (tertiary/aromatic N) is 1. The van der Waals surface area contributed by atoms with Crippen LogP contribution in [0.25, 0.3) is 0 Å². The van der Waals surface area contributed by atoms with E-state index in [0.29, 0.717) is 12.0 Å². The number of aromatic nitrogens is 1. The first-order chi connectivity index (χ1) is 10.0. The molecule has 0 spiro atoms. The predicted molar refractivity (Wildman–Crippen MR) is 75.5 cm³/mol. The van der Waals surface area contributed by atoms with Crippen LogP contribution in [-0.4, -0.2) is 10.9 Å². The molecule has 2 aromatic rings. The molecule has 0 unspecified atom stereocenters. The number of pyridine rings is 1. The SMILES string of the molecule is C[C@@H](CC(=O)NCc1cc(F)cc(F)c1)c1cccnc1. The topological polar surface area (TPSA) is 42.0 Å². The summed E-state index contributed by atoms with van der Waals surface area (Å²) < 4.78 is 26.0. The third kappa shape index (κ3) is 4.63. The Hall–Kier alpha value is -2.30. The van der Waals surface area contributed by atoms with Gasteiger partial charge in [-0.1, -0.05) is 13.0 Å². The third-order valence-corrected chi connectivity index (χ3v) is 3.16. The van der Waals surface area contributed by atoms with E-state index in [9.17, 15) is 13.6 Å². The molecular formula is C16H16F2N2O. The number of carbonyl (C=O) groups excluding carboxylic acids is 1. The van der Waals surface area contributed by atoms with Crippen LogP contribution in [0.5, 0.6) is 0 Å². The monoisotopic (exact) mass is 290 g/mol. The lowest BCUT2D eigenvalue weighted by Crippen LogP contribution is -2.24. The molecule has 110 valence electrons. The van der Waals surface area contributed by atoms with E-state index in [4.69, 9.17) is 0 Å². The molecule has 5 heteroatoms. The molecule has 1 atom stereocenters. The van der Waals surface area contributed by atoms with E-state index in [2.05, 4.69) is 10.3 Å². The minimum Gasteiger partial charge on any atom is -0.352 e. The third-order valence-electron chi connectivity index (χ3n) is 3.16. The van der Waals surface area contributed by atoms with Crippen LogP contribution < -0.4 is 5.32 Å². The number of carbonyl (C=O) groups is 1. The number of amides is 1. The van der Waals surface area contributed by atoms with Gasteiger partial charge in [-0.3, -0.25) is 9.78 Å². The van der Waals surface area contributed by atoms with Crippen molar-refractivity contribution in [3.63, 3.8) is 0 Å². The number of hydrogen-bond acceptors (Lipinski definition) is 2. The highest BCUT2D eigenvalue weighted by atomic mass is 19.1. The standard InChI is InChI=1S/C16H16F2N2O/c1-11(13-3-2-4-19-10-13)5-16(21)20-9-12-6-14(17)8-15(18)7-12/h2-4,6-8,10-11H,5,9H2,1H3,(H,20,21)/t11-/m0/s1. The fourth-order valence-corrected chi connectivity index (χ4v) is 2.05. The van der Waals surface area contributed by atoms with Gasteiger partial charge in [0.2, 0.25) is 5.91 Å². The maximum atomic E-state index is 13.0. The molecule has 21 heavy (non-hydrogen) atoms. The Balaban J connectivity index is 1.87. The normalized spacial score (nSPS) is 12.0. The van der Waals surface area contributed by atoms with Crippen molar-refractivity contribution in [1.82, 2.24) is 10.3 Å². The first-order valence-electron chi connectivity index (χ1n) is 6.66. The molecule has 1 aromatic heterocycles. The number of halogens is 2. The van der Waals surface area contributed by atoms with E-state index in [-0.39, 0.29) is 18.4 Å². The van der Waals surface area contributed by atoms with Gasteiger partial charge in [0.15, 0.2) is 0 Å². The van der Waals surface area contributed by atoms with Crippen LogP contribution in [0.2, 0.25) is 0 Å². The Kier molecular flexibility index (Phi) is 4.98. The van der Waals surface area contributed by atoms with Crippen molar-refractivity contribution in [3.05, 3.63) is 65.5 Å². The number of hydrogen-bond donors (Lipinski definition) is 1. The lowest BCUT2D eigenvalue weighted by atomic mass is 9.99. The molecule has 1 heterocycles. The van der Waals surface area contributed by atoms with Gasteiger partial charge in [-0.25, -0.2) is 8.78 Å². The Labute approximate surface area is 122 Å². The molecule has 0 aliphatic rings. The Morgan fingerprint density at radius 2 is 2.00 bits per heavy atom. The molecule has 0 fully saturated rings. The highest BCUT2D eigenvalue weighted by Crippen LogP contribution is 2.17. The Morgan fingerprint density at radius 3 is 2.62 bits per heavy atom. The lowest BCUT2D eigenvalue weighted by molar-refractivity contribution is -0.121. The maximum Gasteiger partial charge on any atom is 0.220 e. The average Bonchev–Trinajstić information content (AvgIpc) is 2.45. The Morgan fingerprint density at radius 1 is 1.29 bits per heavy atom. The van der Waals surface area contributed by atoms with Gasteiger partial charge in [0.1, 0.15) is 11.6 Å². The molecule has 0 aliphatic carbocycles. The van der Waals surface area contributed by atoms with Gasteiger partial charge < -0.3 is 5.32 Å². The second kappa shape index (κ2) is 6.92. The van der Waals surface area contributed by atoms with Crippen molar-refractivity contribution in [3.8, 4) is 0 Å². The van der Waals surface area contributed by atoms with Gasteiger partial charge in [-0.15, -0.1) is 0 Å². The van der Waals surface area contributed by atoms with Crippen LogP contribution in [0.15, 0.2) is 42.7 Å². The van der Waals surface area contributed by atoms with E-state index in [0.717, 1.165) is 11.6 Å². The van der Waals surface area contributed by atoms with Gasteiger partial charge >= 0.3 is 0 Å². The average molecular weight is 290 g/mol. The smallest absolute Gasteiger partial charge is 0.220 e. The summed E-state index contributed by atoms with van der Waals surface area (Å²) in [6.45, 7) is 2.03. The molecular weight excluding hydrogens is 274 g/mol. The summed E-state index contributed by atoms with van der Waals surface area (Å²) >= 11 is 0. The van der Waals surface area contributed by atoms with Gasteiger partial charge in [0.05, 0.1) is 0 Å². The van der Waals surface area contributed by atoms with Crippen molar-refractivity contribution in [2.75, 3.05) is 0 Å². The van der Waals surface area contributed by atoms with E-state index < -0.39 is 11.6 Å². The molecule has 3 nitrogen and oxygen atoms in total. The molecule has 0 saturated heterocycles. The highest BCUT2D eigenvalue weighted by molar-refractivity contribution is 5.76. The van der Waals surface area contributed by atoms with Gasteiger partial charge in [-0.05, 0) is 35.2 Å². The molecule has 0 saturated carbocycles. The van der Waals surface area contributed by atoms with Gasteiger partial charge in [-0.2, -0.15) is 0 Å². The van der Waals surface area contributed by atoms with E-state index >= 15 is 0 Å². The molecule has 1 N–H and O–H groups in total. The van der Waals surface area contributed by atoms with Crippen LogP contribution in [-0.2, 0) is 11.3 Å².